The summed E-state index contributed by atoms with van der Waals surface area (Å²) < 4.78 is 57.7. The summed E-state index contributed by atoms with van der Waals surface area (Å²) in [4.78, 5) is 12.2. The van der Waals surface area contributed by atoms with Gasteiger partial charge in [-0.1, -0.05) is 6.04 Å². The normalized spacial score (nSPS) is 27.6. The fourth-order valence-electron chi connectivity index (χ4n) is 1.49. The lowest BCUT2D eigenvalue weighted by Gasteiger charge is -2.32. The molecule has 2 rings (SSSR count). The van der Waals surface area contributed by atoms with E-state index in [0.29, 0.717) is 4.57 Å². The highest BCUT2D eigenvalue weighted by Gasteiger charge is 2.52. The Hall–Kier alpha value is -1.07. The molecule has 1 saturated heterocycles. The van der Waals surface area contributed by atoms with Gasteiger partial charge in [-0.25, -0.2) is 0 Å². The second kappa shape index (κ2) is 3.72. The SMILES string of the molecule is [2H]c1c([2H])c(B2OC(C)(C)C(C)(C)O2)n(C([2H])([2H])[2H])c(=O)c1[2H]. The monoisotopic (exact) mass is 241 g/mol. The summed E-state index contributed by atoms with van der Waals surface area (Å²) in [6.07, 6.45) is 0. The summed E-state index contributed by atoms with van der Waals surface area (Å²) >= 11 is 0. The molecule has 4 nitrogen and oxygen atoms in total. The van der Waals surface area contributed by atoms with Crippen molar-refractivity contribution in [2.75, 3.05) is 0 Å². The Morgan fingerprint density at radius 2 is 1.88 bits per heavy atom. The van der Waals surface area contributed by atoms with Crippen LogP contribution >= 0.6 is 0 Å². The Morgan fingerprint density at radius 1 is 1.29 bits per heavy atom. The largest absolute Gasteiger partial charge is 0.512 e. The highest BCUT2D eigenvalue weighted by atomic mass is 16.7. The van der Waals surface area contributed by atoms with Crippen LogP contribution in [-0.4, -0.2) is 22.9 Å². The van der Waals surface area contributed by atoms with Gasteiger partial charge in [0.25, 0.3) is 0 Å². The van der Waals surface area contributed by atoms with E-state index in [4.69, 9.17) is 17.5 Å². The van der Waals surface area contributed by atoms with Crippen molar-refractivity contribution in [3.8, 4) is 0 Å². The molecule has 1 aliphatic rings. The third-order valence-electron chi connectivity index (χ3n) is 3.28. The van der Waals surface area contributed by atoms with Gasteiger partial charge in [0, 0.05) is 17.1 Å². The van der Waals surface area contributed by atoms with Crippen LogP contribution in [0.2, 0.25) is 0 Å². The van der Waals surface area contributed by atoms with Crippen molar-refractivity contribution in [3.05, 3.63) is 28.5 Å². The number of pyridine rings is 1. The maximum absolute atomic E-state index is 12.2. The highest BCUT2D eigenvalue weighted by Crippen LogP contribution is 2.36. The fourth-order valence-corrected chi connectivity index (χ4v) is 1.49. The topological polar surface area (TPSA) is 40.5 Å². The van der Waals surface area contributed by atoms with E-state index in [0.717, 1.165) is 0 Å². The van der Waals surface area contributed by atoms with E-state index in [-0.39, 0.29) is 5.59 Å². The van der Waals surface area contributed by atoms with Gasteiger partial charge in [-0.05, 0) is 33.7 Å². The van der Waals surface area contributed by atoms with Crippen LogP contribution in [0, 0.1) is 0 Å². The first-order valence-corrected chi connectivity index (χ1v) is 5.29. The number of aromatic nitrogens is 1. The molecule has 1 fully saturated rings. The zero-order chi connectivity index (χ0) is 18.0. The van der Waals surface area contributed by atoms with Gasteiger partial charge in [0.05, 0.1) is 20.9 Å². The maximum atomic E-state index is 12.2. The first-order valence-electron chi connectivity index (χ1n) is 8.29. The Morgan fingerprint density at radius 3 is 2.41 bits per heavy atom. The summed E-state index contributed by atoms with van der Waals surface area (Å²) in [5.74, 6) is 0. The van der Waals surface area contributed by atoms with Crippen LogP contribution in [0.25, 0.3) is 0 Å². The van der Waals surface area contributed by atoms with E-state index in [9.17, 15) is 4.79 Å². The molecule has 0 spiro atoms. The fraction of sp³-hybridized carbons (Fsp3) is 0.583. The number of nitrogens with zero attached hydrogens (tertiary/aromatic N) is 1. The lowest BCUT2D eigenvalue weighted by atomic mass is 9.84. The van der Waals surface area contributed by atoms with Gasteiger partial charge in [0.1, 0.15) is 0 Å². The lowest BCUT2D eigenvalue weighted by molar-refractivity contribution is 0.00578. The molecular weight excluding hydrogens is 217 g/mol. The van der Waals surface area contributed by atoms with Crippen molar-refractivity contribution in [2.45, 2.75) is 38.9 Å². The predicted octanol–water partition coefficient (Wildman–Crippen LogP) is 0.684. The molecule has 1 aromatic heterocycles. The van der Waals surface area contributed by atoms with E-state index in [1.807, 2.05) is 0 Å². The summed E-state index contributed by atoms with van der Waals surface area (Å²) in [5.41, 5.74) is -3.14. The van der Waals surface area contributed by atoms with Crippen LogP contribution in [0.5, 0.6) is 0 Å². The molecule has 0 saturated carbocycles. The molecule has 0 aromatic carbocycles. The predicted molar refractivity (Wildman–Crippen MR) is 67.4 cm³/mol. The first-order chi connectivity index (χ1) is 10.2. The molecule has 5 heteroatoms. The zero-order valence-electron chi connectivity index (χ0n) is 16.2. The molecule has 0 N–H and O–H groups in total. The van der Waals surface area contributed by atoms with Gasteiger partial charge < -0.3 is 13.9 Å². The van der Waals surface area contributed by atoms with Crippen molar-refractivity contribution in [2.24, 2.45) is 6.98 Å². The quantitative estimate of drug-likeness (QED) is 0.679. The van der Waals surface area contributed by atoms with Crippen LogP contribution in [0.4, 0.5) is 0 Å². The Labute approximate surface area is 110 Å². The van der Waals surface area contributed by atoms with Crippen LogP contribution in [0.3, 0.4) is 0 Å². The molecule has 0 atom stereocenters. The maximum Gasteiger partial charge on any atom is 0.512 e. The molecule has 0 aliphatic carbocycles. The molecule has 0 unspecified atom stereocenters. The van der Waals surface area contributed by atoms with Gasteiger partial charge in [-0.2, -0.15) is 0 Å². The lowest BCUT2D eigenvalue weighted by Crippen LogP contribution is -2.44. The minimum atomic E-state index is -2.92. The van der Waals surface area contributed by atoms with Gasteiger partial charge in [-0.3, -0.25) is 4.79 Å². The average Bonchev–Trinajstić information content (AvgIpc) is 2.58. The van der Waals surface area contributed by atoms with Gasteiger partial charge in [0.15, 0.2) is 0 Å². The van der Waals surface area contributed by atoms with Crippen LogP contribution < -0.4 is 11.2 Å². The molecule has 0 radical (unpaired) electrons. The third kappa shape index (κ3) is 1.94. The van der Waals surface area contributed by atoms with Gasteiger partial charge in [0.2, 0.25) is 5.56 Å². The Kier molecular flexibility index (Phi) is 1.48. The molecule has 1 aromatic rings. The number of hydrogen-bond donors (Lipinski definition) is 0. The third-order valence-corrected chi connectivity index (χ3v) is 3.28. The minimum absolute atomic E-state index is 0.345. The Balaban J connectivity index is 2.76. The van der Waals surface area contributed by atoms with Crippen LogP contribution in [0.1, 0.15) is 35.9 Å². The van der Waals surface area contributed by atoms with E-state index in [2.05, 4.69) is 0 Å². The van der Waals surface area contributed by atoms with Crippen molar-refractivity contribution >= 4 is 12.7 Å². The average molecular weight is 241 g/mol. The van der Waals surface area contributed by atoms with E-state index in [1.165, 1.54) is 0 Å². The van der Waals surface area contributed by atoms with E-state index >= 15 is 0 Å². The minimum Gasteiger partial charge on any atom is -0.398 e. The highest BCUT2D eigenvalue weighted by molar-refractivity contribution is 6.61. The number of rotatable bonds is 1. The summed E-state index contributed by atoms with van der Waals surface area (Å²) in [5, 5.41) is 0. The molecule has 92 valence electrons. The van der Waals surface area contributed by atoms with Crippen molar-refractivity contribution < 1.29 is 17.5 Å². The van der Waals surface area contributed by atoms with Crippen molar-refractivity contribution in [3.63, 3.8) is 0 Å². The molecule has 0 bridgehead atoms. The summed E-state index contributed by atoms with van der Waals surface area (Å²) in [6.45, 7) is 4.06. The van der Waals surface area contributed by atoms with E-state index < -0.39 is 49.0 Å². The molecule has 0 amide bonds. The van der Waals surface area contributed by atoms with E-state index in [1.54, 1.807) is 27.7 Å². The molecular formula is C12H18BNO3. The summed E-state index contributed by atoms with van der Waals surface area (Å²) in [7, 11) is -1.29. The second-order valence-corrected chi connectivity index (χ2v) is 4.99. The zero-order valence-corrected chi connectivity index (χ0v) is 10.2. The smallest absolute Gasteiger partial charge is 0.398 e. The molecule has 1 aliphatic heterocycles. The van der Waals surface area contributed by atoms with Crippen molar-refractivity contribution in [1.82, 2.24) is 4.57 Å². The van der Waals surface area contributed by atoms with Gasteiger partial charge in [-0.15, -0.1) is 0 Å². The van der Waals surface area contributed by atoms with Gasteiger partial charge >= 0.3 is 7.12 Å². The molecule has 17 heavy (non-hydrogen) atoms. The Bertz CT molecular complexity index is 696. The molecule has 2 heterocycles. The number of hydrogen-bond acceptors (Lipinski definition) is 3. The first kappa shape index (κ1) is 6.76. The van der Waals surface area contributed by atoms with Crippen LogP contribution in [-0.2, 0) is 16.3 Å². The van der Waals surface area contributed by atoms with Crippen LogP contribution in [0.15, 0.2) is 22.9 Å². The second-order valence-electron chi connectivity index (χ2n) is 4.99. The summed E-state index contributed by atoms with van der Waals surface area (Å²) in [6, 6.07) is -2.06. The standard InChI is InChI=1S/C12H18BNO3/c1-11(2)12(3,4)17-13(16-11)9-7-6-8-10(15)14(9)5/h6-8H,1-5H3/i5D3,6D,7D,8D. The van der Waals surface area contributed by atoms with Crippen molar-refractivity contribution in [1.29, 1.82) is 0 Å².